The van der Waals surface area contributed by atoms with E-state index < -0.39 is 4.92 Å². The maximum atomic E-state index is 13.1. The highest BCUT2D eigenvalue weighted by Crippen LogP contribution is 2.34. The zero-order valence-electron chi connectivity index (χ0n) is 20.9. The van der Waals surface area contributed by atoms with Gasteiger partial charge in [0.15, 0.2) is 11.5 Å². The topological polar surface area (TPSA) is 109 Å². The van der Waals surface area contributed by atoms with E-state index in [9.17, 15) is 14.9 Å². The van der Waals surface area contributed by atoms with E-state index in [4.69, 9.17) is 9.47 Å². The van der Waals surface area contributed by atoms with Crippen molar-refractivity contribution in [1.29, 1.82) is 0 Å². The van der Waals surface area contributed by atoms with Crippen LogP contribution in [0, 0.1) is 17.0 Å². The van der Waals surface area contributed by atoms with Gasteiger partial charge < -0.3 is 9.47 Å². The monoisotopic (exact) mass is 576 g/mol. The molecular weight excluding hydrogens is 552 g/mol. The van der Waals surface area contributed by atoms with Crippen LogP contribution in [0.1, 0.15) is 29.4 Å². The average Bonchev–Trinajstić information content (AvgIpc) is 2.89. The standard InChI is InChI=1S/C28H25BrN4O5/c1-4-7-21-12-20(16-30-32-18(3)31-25-11-10-22(29)15-24(25)28(32)34)14-26(37-5-2)27(21)38-17-19-8-6-9-23(13-19)33(35)36/h4,6,8-16H,1,5,7,17H2,2-3H3. The summed E-state index contributed by atoms with van der Waals surface area (Å²) in [4.78, 5) is 28.3. The lowest BCUT2D eigenvalue weighted by atomic mass is 10.1. The van der Waals surface area contributed by atoms with Gasteiger partial charge in [-0.2, -0.15) is 9.78 Å². The molecule has 0 aliphatic heterocycles. The van der Waals surface area contributed by atoms with Crippen molar-refractivity contribution in [3.63, 3.8) is 0 Å². The van der Waals surface area contributed by atoms with E-state index in [0.29, 0.717) is 52.4 Å². The summed E-state index contributed by atoms with van der Waals surface area (Å²) < 4.78 is 14.0. The first-order valence-electron chi connectivity index (χ1n) is 11.8. The van der Waals surface area contributed by atoms with Crippen LogP contribution in [0.15, 0.2) is 81.6 Å². The van der Waals surface area contributed by atoms with Gasteiger partial charge in [0, 0.05) is 22.2 Å². The molecule has 0 aliphatic carbocycles. The number of nitrogens with zero attached hydrogens (tertiary/aromatic N) is 4. The number of allylic oxidation sites excluding steroid dienone is 1. The molecule has 0 radical (unpaired) electrons. The van der Waals surface area contributed by atoms with Gasteiger partial charge in [-0.05, 0) is 61.7 Å². The van der Waals surface area contributed by atoms with E-state index in [1.165, 1.54) is 16.8 Å². The van der Waals surface area contributed by atoms with E-state index in [1.807, 2.05) is 19.1 Å². The smallest absolute Gasteiger partial charge is 0.282 e. The zero-order valence-corrected chi connectivity index (χ0v) is 22.5. The number of rotatable bonds is 10. The Balaban J connectivity index is 1.70. The molecule has 0 aliphatic rings. The predicted octanol–water partition coefficient (Wildman–Crippen LogP) is 5.96. The fourth-order valence-electron chi connectivity index (χ4n) is 3.93. The first-order valence-corrected chi connectivity index (χ1v) is 12.6. The Kier molecular flexibility index (Phi) is 8.32. The molecule has 1 aromatic heterocycles. The maximum absolute atomic E-state index is 13.1. The van der Waals surface area contributed by atoms with Gasteiger partial charge >= 0.3 is 0 Å². The van der Waals surface area contributed by atoms with Crippen LogP contribution in [0.3, 0.4) is 0 Å². The van der Waals surface area contributed by atoms with Crippen LogP contribution in [-0.4, -0.2) is 27.4 Å². The molecule has 0 bridgehead atoms. The molecule has 0 amide bonds. The Labute approximate surface area is 227 Å². The third-order valence-electron chi connectivity index (χ3n) is 5.62. The van der Waals surface area contributed by atoms with Crippen LogP contribution >= 0.6 is 15.9 Å². The molecule has 0 N–H and O–H groups in total. The van der Waals surface area contributed by atoms with Gasteiger partial charge in [0.05, 0.1) is 28.6 Å². The molecule has 4 rings (SSSR count). The summed E-state index contributed by atoms with van der Waals surface area (Å²) in [5, 5.41) is 16.0. The van der Waals surface area contributed by atoms with Crippen LogP contribution in [0.4, 0.5) is 5.69 Å². The van der Waals surface area contributed by atoms with Crippen molar-refractivity contribution >= 4 is 38.7 Å². The number of aromatic nitrogens is 2. The largest absolute Gasteiger partial charge is 0.490 e. The number of nitro groups is 1. The molecule has 0 spiro atoms. The highest BCUT2D eigenvalue weighted by molar-refractivity contribution is 9.10. The Morgan fingerprint density at radius 2 is 2.00 bits per heavy atom. The number of non-ortho nitro benzene ring substituents is 1. The Hall–Kier alpha value is -4.31. The third-order valence-corrected chi connectivity index (χ3v) is 6.11. The molecule has 1 heterocycles. The SMILES string of the molecule is C=CCc1cc(C=Nn2c(C)nc3ccc(Br)cc3c2=O)cc(OCC)c1OCc1cccc([N+](=O)[O-])c1. The second-order valence-electron chi connectivity index (χ2n) is 8.33. The molecule has 3 aromatic carbocycles. The van der Waals surface area contributed by atoms with Crippen LogP contribution in [0.25, 0.3) is 10.9 Å². The van der Waals surface area contributed by atoms with Gasteiger partial charge in [-0.3, -0.25) is 14.9 Å². The molecule has 0 saturated carbocycles. The van der Waals surface area contributed by atoms with Gasteiger partial charge in [-0.15, -0.1) is 6.58 Å². The quantitative estimate of drug-likeness (QED) is 0.0996. The van der Waals surface area contributed by atoms with E-state index in [0.717, 1.165) is 10.0 Å². The second-order valence-corrected chi connectivity index (χ2v) is 9.25. The normalized spacial score (nSPS) is 11.1. The van der Waals surface area contributed by atoms with E-state index in [-0.39, 0.29) is 17.9 Å². The van der Waals surface area contributed by atoms with Crippen molar-refractivity contribution in [2.45, 2.75) is 26.9 Å². The van der Waals surface area contributed by atoms with Crippen molar-refractivity contribution in [2.75, 3.05) is 6.61 Å². The molecular formula is C28H25BrN4O5. The number of hydrogen-bond acceptors (Lipinski definition) is 7. The van der Waals surface area contributed by atoms with Crippen molar-refractivity contribution in [3.8, 4) is 11.5 Å². The van der Waals surface area contributed by atoms with E-state index >= 15 is 0 Å². The summed E-state index contributed by atoms with van der Waals surface area (Å²) in [7, 11) is 0. The number of benzene rings is 3. The molecule has 38 heavy (non-hydrogen) atoms. The summed E-state index contributed by atoms with van der Waals surface area (Å²) in [6, 6.07) is 15.3. The molecule has 0 saturated heterocycles. The summed E-state index contributed by atoms with van der Waals surface area (Å²) in [6.07, 6.45) is 3.79. The highest BCUT2D eigenvalue weighted by atomic mass is 79.9. The first-order chi connectivity index (χ1) is 18.3. The maximum Gasteiger partial charge on any atom is 0.282 e. The number of aryl methyl sites for hydroxylation is 1. The molecule has 0 atom stereocenters. The second kappa shape index (κ2) is 11.8. The molecule has 0 unspecified atom stereocenters. The summed E-state index contributed by atoms with van der Waals surface area (Å²) >= 11 is 3.40. The van der Waals surface area contributed by atoms with Crippen molar-refractivity contribution in [1.82, 2.24) is 9.66 Å². The predicted molar refractivity (Wildman–Crippen MR) is 150 cm³/mol. The number of ether oxygens (including phenoxy) is 2. The molecule has 0 fully saturated rings. The molecule has 10 heteroatoms. The van der Waals surface area contributed by atoms with Gasteiger partial charge in [0.25, 0.3) is 11.2 Å². The van der Waals surface area contributed by atoms with Crippen LogP contribution < -0.4 is 15.0 Å². The fraction of sp³-hybridized carbons (Fsp3) is 0.179. The van der Waals surface area contributed by atoms with Crippen molar-refractivity contribution in [2.24, 2.45) is 5.10 Å². The Morgan fingerprint density at radius 1 is 1.18 bits per heavy atom. The number of hydrogen-bond donors (Lipinski definition) is 0. The summed E-state index contributed by atoms with van der Waals surface area (Å²) in [5.41, 5.74) is 2.45. The van der Waals surface area contributed by atoms with Crippen LogP contribution in [0.2, 0.25) is 0 Å². The Bertz CT molecular complexity index is 1610. The average molecular weight is 577 g/mol. The fourth-order valence-corrected chi connectivity index (χ4v) is 4.29. The number of fused-ring (bicyclic) bond motifs is 1. The minimum Gasteiger partial charge on any atom is -0.490 e. The van der Waals surface area contributed by atoms with Gasteiger partial charge in [-0.1, -0.05) is 34.1 Å². The van der Waals surface area contributed by atoms with Crippen molar-refractivity contribution < 1.29 is 14.4 Å². The Morgan fingerprint density at radius 3 is 2.74 bits per heavy atom. The van der Waals surface area contributed by atoms with E-state index in [1.54, 1.807) is 49.5 Å². The lowest BCUT2D eigenvalue weighted by Gasteiger charge is -2.17. The lowest BCUT2D eigenvalue weighted by Crippen LogP contribution is -2.20. The van der Waals surface area contributed by atoms with Gasteiger partial charge in [0.1, 0.15) is 12.4 Å². The first kappa shape index (κ1) is 26.7. The van der Waals surface area contributed by atoms with Gasteiger partial charge in [-0.25, -0.2) is 4.98 Å². The summed E-state index contributed by atoms with van der Waals surface area (Å²) in [6.45, 7) is 7.93. The zero-order chi connectivity index (χ0) is 27.2. The minimum absolute atomic E-state index is 0.00456. The molecule has 194 valence electrons. The van der Waals surface area contributed by atoms with Crippen LogP contribution in [0.5, 0.6) is 11.5 Å². The molecule has 4 aromatic rings. The number of halogens is 1. The number of nitro benzene ring substituents is 1. The highest BCUT2D eigenvalue weighted by Gasteiger charge is 2.15. The lowest BCUT2D eigenvalue weighted by molar-refractivity contribution is -0.384. The van der Waals surface area contributed by atoms with Crippen LogP contribution in [-0.2, 0) is 13.0 Å². The summed E-state index contributed by atoms with van der Waals surface area (Å²) in [5.74, 6) is 1.46. The molecule has 9 nitrogen and oxygen atoms in total. The minimum atomic E-state index is -0.441. The van der Waals surface area contributed by atoms with Gasteiger partial charge in [0.2, 0.25) is 0 Å². The van der Waals surface area contributed by atoms with E-state index in [2.05, 4.69) is 32.6 Å². The van der Waals surface area contributed by atoms with Crippen molar-refractivity contribution in [3.05, 3.63) is 115 Å². The third kappa shape index (κ3) is 5.97.